The summed E-state index contributed by atoms with van der Waals surface area (Å²) in [6.07, 6.45) is 3.85. The van der Waals surface area contributed by atoms with Crippen LogP contribution in [0.15, 0.2) is 48.8 Å². The van der Waals surface area contributed by atoms with Crippen LogP contribution in [0.2, 0.25) is 0 Å². The molecule has 1 aromatic heterocycles. The molecule has 8 nitrogen and oxygen atoms in total. The number of likely N-dealkylation sites (tertiary alicyclic amines) is 1. The Morgan fingerprint density at radius 1 is 1.15 bits per heavy atom. The standard InChI is InChI=1S/C19H21N5O3/c20-14-6-7-24(16(9-14)12-4-2-1-3-5-12)19(27)18(26)23-15-8-13(17(21)25)10-22-11-15/h1-5,8,10-11,14,16H,6-7,9,20H2,(H2,21,25)(H,23,26)/t14-,16+/m0/s1. The van der Waals surface area contributed by atoms with Gasteiger partial charge in [-0.3, -0.25) is 19.4 Å². The fraction of sp³-hybridized carbons (Fsp3) is 0.263. The van der Waals surface area contributed by atoms with Crippen LogP contribution in [-0.4, -0.2) is 40.2 Å². The Bertz CT molecular complexity index is 855. The van der Waals surface area contributed by atoms with Crippen molar-refractivity contribution in [2.24, 2.45) is 11.5 Å². The third-order valence-corrected chi connectivity index (χ3v) is 4.56. The minimum absolute atomic E-state index is 0.0289. The molecule has 8 heteroatoms. The van der Waals surface area contributed by atoms with E-state index < -0.39 is 17.7 Å². The maximum atomic E-state index is 12.8. The van der Waals surface area contributed by atoms with E-state index in [9.17, 15) is 14.4 Å². The molecule has 2 atom stereocenters. The first-order valence-corrected chi connectivity index (χ1v) is 8.63. The summed E-state index contributed by atoms with van der Waals surface area (Å²) in [6, 6.07) is 10.6. The van der Waals surface area contributed by atoms with E-state index in [0.717, 1.165) is 5.56 Å². The number of carbonyl (C=O) groups is 3. The van der Waals surface area contributed by atoms with Crippen molar-refractivity contribution in [3.8, 4) is 0 Å². The predicted molar refractivity (Wildman–Crippen MR) is 99.5 cm³/mol. The van der Waals surface area contributed by atoms with Crippen molar-refractivity contribution in [2.75, 3.05) is 11.9 Å². The molecule has 3 amide bonds. The lowest BCUT2D eigenvalue weighted by molar-refractivity contribution is -0.146. The molecule has 0 unspecified atom stereocenters. The van der Waals surface area contributed by atoms with E-state index in [1.54, 1.807) is 4.90 Å². The van der Waals surface area contributed by atoms with Gasteiger partial charge < -0.3 is 21.7 Å². The summed E-state index contributed by atoms with van der Waals surface area (Å²) in [5, 5.41) is 2.49. The SMILES string of the molecule is NC(=O)c1cncc(NC(=O)C(=O)N2CC[C@H](N)C[C@@H]2c2ccccc2)c1. The Morgan fingerprint density at radius 2 is 1.89 bits per heavy atom. The van der Waals surface area contributed by atoms with Crippen molar-refractivity contribution in [3.05, 3.63) is 59.9 Å². The van der Waals surface area contributed by atoms with Gasteiger partial charge in [-0.2, -0.15) is 0 Å². The zero-order chi connectivity index (χ0) is 19.4. The Hall–Kier alpha value is -3.26. The Morgan fingerprint density at radius 3 is 2.59 bits per heavy atom. The number of hydrogen-bond donors (Lipinski definition) is 3. The number of carbonyl (C=O) groups excluding carboxylic acids is 3. The number of nitrogens with zero attached hydrogens (tertiary/aromatic N) is 2. The van der Waals surface area contributed by atoms with Gasteiger partial charge in [-0.25, -0.2) is 0 Å². The summed E-state index contributed by atoms with van der Waals surface area (Å²) >= 11 is 0. The van der Waals surface area contributed by atoms with Crippen LogP contribution < -0.4 is 16.8 Å². The average molecular weight is 367 g/mol. The van der Waals surface area contributed by atoms with Gasteiger partial charge in [-0.1, -0.05) is 30.3 Å². The van der Waals surface area contributed by atoms with E-state index in [0.29, 0.717) is 19.4 Å². The fourth-order valence-electron chi connectivity index (χ4n) is 3.18. The highest BCUT2D eigenvalue weighted by molar-refractivity contribution is 6.39. The second-order valence-corrected chi connectivity index (χ2v) is 6.49. The van der Waals surface area contributed by atoms with E-state index in [1.165, 1.54) is 18.5 Å². The number of pyridine rings is 1. The number of nitrogens with two attached hydrogens (primary N) is 2. The summed E-state index contributed by atoms with van der Waals surface area (Å²) < 4.78 is 0. The van der Waals surface area contributed by atoms with Gasteiger partial charge in [0.05, 0.1) is 23.5 Å². The largest absolute Gasteiger partial charge is 0.366 e. The molecular formula is C19H21N5O3. The lowest BCUT2D eigenvalue weighted by atomic mass is 9.92. The smallest absolute Gasteiger partial charge is 0.313 e. The number of benzene rings is 1. The number of nitrogens with one attached hydrogen (secondary N) is 1. The van der Waals surface area contributed by atoms with E-state index in [4.69, 9.17) is 11.5 Å². The first-order chi connectivity index (χ1) is 13.0. The fourth-order valence-corrected chi connectivity index (χ4v) is 3.18. The number of hydrogen-bond acceptors (Lipinski definition) is 5. The Labute approximate surface area is 156 Å². The van der Waals surface area contributed by atoms with Gasteiger partial charge in [-0.15, -0.1) is 0 Å². The lowest BCUT2D eigenvalue weighted by Crippen LogP contribution is -2.48. The number of amides is 3. The van der Waals surface area contributed by atoms with Crippen LogP contribution in [0.5, 0.6) is 0 Å². The molecule has 1 fully saturated rings. The molecule has 140 valence electrons. The van der Waals surface area contributed by atoms with Crippen LogP contribution in [0.25, 0.3) is 0 Å². The zero-order valence-corrected chi connectivity index (χ0v) is 14.7. The van der Waals surface area contributed by atoms with E-state index >= 15 is 0 Å². The molecule has 1 saturated heterocycles. The quantitative estimate of drug-likeness (QED) is 0.691. The highest BCUT2D eigenvalue weighted by Gasteiger charge is 2.34. The molecule has 0 saturated carbocycles. The van der Waals surface area contributed by atoms with Crippen molar-refractivity contribution >= 4 is 23.4 Å². The van der Waals surface area contributed by atoms with Gasteiger partial charge in [0.1, 0.15) is 0 Å². The normalized spacial score (nSPS) is 19.4. The molecular weight excluding hydrogens is 346 g/mol. The van der Waals surface area contributed by atoms with Crippen molar-refractivity contribution in [2.45, 2.75) is 24.9 Å². The number of aromatic nitrogens is 1. The van der Waals surface area contributed by atoms with Crippen molar-refractivity contribution in [1.82, 2.24) is 9.88 Å². The van der Waals surface area contributed by atoms with Gasteiger partial charge in [-0.05, 0) is 24.5 Å². The summed E-state index contributed by atoms with van der Waals surface area (Å²) in [5.41, 5.74) is 12.6. The zero-order valence-electron chi connectivity index (χ0n) is 14.7. The molecule has 0 aliphatic carbocycles. The summed E-state index contributed by atoms with van der Waals surface area (Å²) in [6.45, 7) is 0.395. The Kier molecular flexibility index (Phi) is 5.46. The van der Waals surface area contributed by atoms with Gasteiger partial charge in [0.2, 0.25) is 5.91 Å². The second kappa shape index (κ2) is 7.96. The minimum atomic E-state index is -0.796. The second-order valence-electron chi connectivity index (χ2n) is 6.49. The van der Waals surface area contributed by atoms with Crippen molar-refractivity contribution in [1.29, 1.82) is 0 Å². The van der Waals surface area contributed by atoms with Crippen LogP contribution in [0.3, 0.4) is 0 Å². The molecule has 0 spiro atoms. The van der Waals surface area contributed by atoms with Crippen molar-refractivity contribution < 1.29 is 14.4 Å². The maximum absolute atomic E-state index is 12.8. The molecule has 1 aliphatic rings. The number of anilines is 1. The van der Waals surface area contributed by atoms with Crippen LogP contribution in [-0.2, 0) is 9.59 Å². The highest BCUT2D eigenvalue weighted by Crippen LogP contribution is 2.30. The van der Waals surface area contributed by atoms with Gasteiger partial charge in [0, 0.05) is 18.8 Å². The van der Waals surface area contributed by atoms with E-state index in [1.807, 2.05) is 30.3 Å². The monoisotopic (exact) mass is 367 g/mol. The molecule has 5 N–H and O–H groups in total. The Balaban J connectivity index is 1.77. The van der Waals surface area contributed by atoms with E-state index in [-0.39, 0.29) is 23.3 Å². The molecule has 1 aliphatic heterocycles. The number of primary amides is 1. The summed E-state index contributed by atoms with van der Waals surface area (Å²) in [7, 11) is 0. The number of rotatable bonds is 3. The first-order valence-electron chi connectivity index (χ1n) is 8.63. The van der Waals surface area contributed by atoms with Crippen LogP contribution in [0.1, 0.15) is 34.8 Å². The molecule has 0 bridgehead atoms. The third kappa shape index (κ3) is 4.29. The summed E-state index contributed by atoms with van der Waals surface area (Å²) in [5.74, 6) is -2.12. The van der Waals surface area contributed by atoms with Gasteiger partial charge >= 0.3 is 11.8 Å². The lowest BCUT2D eigenvalue weighted by Gasteiger charge is -2.38. The maximum Gasteiger partial charge on any atom is 0.313 e. The van der Waals surface area contributed by atoms with Crippen LogP contribution >= 0.6 is 0 Å². The molecule has 2 heterocycles. The number of piperidine rings is 1. The first kappa shape index (κ1) is 18.5. The van der Waals surface area contributed by atoms with Crippen LogP contribution in [0.4, 0.5) is 5.69 Å². The average Bonchev–Trinajstić information content (AvgIpc) is 2.68. The minimum Gasteiger partial charge on any atom is -0.366 e. The highest BCUT2D eigenvalue weighted by atomic mass is 16.2. The summed E-state index contributed by atoms with van der Waals surface area (Å²) in [4.78, 5) is 41.9. The topological polar surface area (TPSA) is 131 Å². The molecule has 3 rings (SSSR count). The molecule has 2 aromatic rings. The van der Waals surface area contributed by atoms with E-state index in [2.05, 4.69) is 10.3 Å². The third-order valence-electron chi connectivity index (χ3n) is 4.56. The molecule has 0 radical (unpaired) electrons. The van der Waals surface area contributed by atoms with Gasteiger partial charge in [0.25, 0.3) is 0 Å². The molecule has 1 aromatic carbocycles. The van der Waals surface area contributed by atoms with Crippen molar-refractivity contribution in [3.63, 3.8) is 0 Å². The van der Waals surface area contributed by atoms with Gasteiger partial charge in [0.15, 0.2) is 0 Å². The molecule has 27 heavy (non-hydrogen) atoms. The predicted octanol–water partition coefficient (Wildman–Crippen LogP) is 0.810. The van der Waals surface area contributed by atoms with Crippen LogP contribution in [0, 0.1) is 0 Å².